The highest BCUT2D eigenvalue weighted by atomic mass is 32.1. The summed E-state index contributed by atoms with van der Waals surface area (Å²) >= 11 is 1.06. The van der Waals surface area contributed by atoms with Gasteiger partial charge in [0.25, 0.3) is 5.91 Å². The Balaban J connectivity index is 2.24. The summed E-state index contributed by atoms with van der Waals surface area (Å²) in [5, 5.41) is 7.69. The number of imide groups is 1. The minimum Gasteiger partial charge on any atom is -0.443 e. The molecule has 0 bridgehead atoms. The minimum absolute atomic E-state index is 0.184. The Bertz CT molecular complexity index is 947. The van der Waals surface area contributed by atoms with Crippen LogP contribution >= 0.6 is 11.3 Å². The number of benzene rings is 1. The Morgan fingerprint density at radius 2 is 1.70 bits per heavy atom. The molecule has 30 heavy (non-hydrogen) atoms. The van der Waals surface area contributed by atoms with Crippen LogP contribution in [0.1, 0.15) is 47.7 Å². The second kappa shape index (κ2) is 9.53. The summed E-state index contributed by atoms with van der Waals surface area (Å²) in [6.45, 7) is 7.07. The van der Waals surface area contributed by atoms with E-state index < -0.39 is 29.4 Å². The van der Waals surface area contributed by atoms with Crippen molar-refractivity contribution in [1.29, 1.82) is 0 Å². The molecule has 0 fully saturated rings. The van der Waals surface area contributed by atoms with E-state index in [1.807, 2.05) is 0 Å². The fraction of sp³-hybridized carbons (Fsp3) is 0.333. The van der Waals surface area contributed by atoms with E-state index in [4.69, 9.17) is 4.74 Å². The van der Waals surface area contributed by atoms with E-state index in [1.54, 1.807) is 64.1 Å². The Hall–Kier alpha value is -3.20. The summed E-state index contributed by atoms with van der Waals surface area (Å²) in [6.07, 6.45) is -1.31. The highest BCUT2D eigenvalue weighted by molar-refractivity contribution is 7.18. The van der Waals surface area contributed by atoms with Gasteiger partial charge < -0.3 is 15.4 Å². The quantitative estimate of drug-likeness (QED) is 0.628. The maximum absolute atomic E-state index is 12.8. The smallest absolute Gasteiger partial charge is 0.349 e. The second-order valence-corrected chi connectivity index (χ2v) is 8.64. The van der Waals surface area contributed by atoms with Crippen LogP contribution in [-0.4, -0.2) is 30.9 Å². The number of aryl methyl sites for hydroxylation is 1. The molecule has 1 unspecified atom stereocenters. The van der Waals surface area contributed by atoms with E-state index >= 15 is 0 Å². The Morgan fingerprint density at radius 1 is 1.07 bits per heavy atom. The average molecular weight is 432 g/mol. The van der Waals surface area contributed by atoms with Gasteiger partial charge >= 0.3 is 12.0 Å². The summed E-state index contributed by atoms with van der Waals surface area (Å²) in [7, 11) is 1.37. The molecule has 2 aromatic rings. The number of rotatable bonds is 5. The molecule has 0 aliphatic carbocycles. The molecule has 160 valence electrons. The predicted molar refractivity (Wildman–Crippen MR) is 114 cm³/mol. The number of esters is 1. The average Bonchev–Trinajstić information content (AvgIpc) is 3.05. The lowest BCUT2D eigenvalue weighted by atomic mass is 9.96. The number of ether oxygens (including phenoxy) is 1. The number of anilines is 1. The number of hydrogen-bond donors (Lipinski definition) is 3. The van der Waals surface area contributed by atoms with Crippen LogP contribution in [0.4, 0.5) is 9.80 Å². The molecular formula is C21H25N3O5S. The van der Waals surface area contributed by atoms with E-state index in [0.717, 1.165) is 11.3 Å². The van der Waals surface area contributed by atoms with Crippen LogP contribution in [0, 0.1) is 12.3 Å². The molecule has 0 spiro atoms. The molecule has 0 aliphatic rings. The lowest BCUT2D eigenvalue weighted by Gasteiger charge is -2.17. The third-order valence-electron chi connectivity index (χ3n) is 4.05. The first kappa shape index (κ1) is 23.1. The molecular weight excluding hydrogens is 406 g/mol. The lowest BCUT2D eigenvalue weighted by molar-refractivity contribution is -0.129. The molecule has 1 aromatic carbocycles. The molecule has 1 aromatic heterocycles. The zero-order valence-electron chi connectivity index (χ0n) is 17.5. The van der Waals surface area contributed by atoms with Crippen molar-refractivity contribution in [1.82, 2.24) is 10.6 Å². The van der Waals surface area contributed by atoms with E-state index in [0.29, 0.717) is 16.1 Å². The van der Waals surface area contributed by atoms with Gasteiger partial charge in [0, 0.05) is 18.0 Å². The van der Waals surface area contributed by atoms with E-state index in [2.05, 4.69) is 16.0 Å². The topological polar surface area (TPSA) is 114 Å². The maximum Gasteiger partial charge on any atom is 0.349 e. The van der Waals surface area contributed by atoms with Crippen molar-refractivity contribution in [2.45, 2.75) is 33.8 Å². The van der Waals surface area contributed by atoms with Crippen molar-refractivity contribution in [3.8, 4) is 0 Å². The monoisotopic (exact) mass is 431 g/mol. The molecule has 0 radical (unpaired) electrons. The summed E-state index contributed by atoms with van der Waals surface area (Å²) in [6, 6.07) is 9.35. The van der Waals surface area contributed by atoms with Crippen LogP contribution in [-0.2, 0) is 14.3 Å². The zero-order valence-corrected chi connectivity index (χ0v) is 18.3. The number of thiophene rings is 1. The van der Waals surface area contributed by atoms with Gasteiger partial charge in [-0.15, -0.1) is 11.3 Å². The largest absolute Gasteiger partial charge is 0.443 e. The SMILES string of the molecule is CNC(=O)NC(=O)C(OC(=O)c1sc(NC(=O)C(C)(C)C)cc1C)c1ccccc1. The van der Waals surface area contributed by atoms with Crippen LogP contribution in [0.25, 0.3) is 0 Å². The van der Waals surface area contributed by atoms with E-state index in [-0.39, 0.29) is 10.8 Å². The Labute approximate surface area is 179 Å². The van der Waals surface area contributed by atoms with E-state index in [1.165, 1.54) is 7.05 Å². The Morgan fingerprint density at radius 3 is 2.27 bits per heavy atom. The second-order valence-electron chi connectivity index (χ2n) is 7.59. The fourth-order valence-corrected chi connectivity index (χ4v) is 3.30. The summed E-state index contributed by atoms with van der Waals surface area (Å²) in [4.78, 5) is 49.3. The molecule has 0 saturated heterocycles. The molecule has 8 nitrogen and oxygen atoms in total. The molecule has 3 N–H and O–H groups in total. The summed E-state index contributed by atoms with van der Waals surface area (Å²) in [5.41, 5.74) is 0.435. The van der Waals surface area contributed by atoms with Gasteiger partial charge in [-0.25, -0.2) is 9.59 Å². The van der Waals surface area contributed by atoms with Crippen LogP contribution in [0.2, 0.25) is 0 Å². The van der Waals surface area contributed by atoms with Gasteiger partial charge in [0.05, 0.1) is 5.00 Å². The van der Waals surface area contributed by atoms with Gasteiger partial charge in [0.1, 0.15) is 4.88 Å². The number of amides is 4. The number of urea groups is 1. The van der Waals surface area contributed by atoms with Gasteiger partial charge in [0.15, 0.2) is 0 Å². The molecule has 0 aliphatic heterocycles. The van der Waals surface area contributed by atoms with E-state index in [9.17, 15) is 19.2 Å². The normalized spacial score (nSPS) is 11.9. The van der Waals surface area contributed by atoms with Crippen LogP contribution < -0.4 is 16.0 Å². The van der Waals surface area contributed by atoms with Crippen molar-refractivity contribution >= 4 is 40.2 Å². The van der Waals surface area contributed by atoms with Gasteiger partial charge in [-0.3, -0.25) is 14.9 Å². The first-order valence-corrected chi connectivity index (χ1v) is 10.0. The summed E-state index contributed by atoms with van der Waals surface area (Å²) in [5.74, 6) is -1.69. The third kappa shape index (κ3) is 5.90. The predicted octanol–water partition coefficient (Wildman–Crippen LogP) is 3.39. The van der Waals surface area contributed by atoms with Gasteiger partial charge in [-0.05, 0) is 18.6 Å². The molecule has 1 heterocycles. The van der Waals surface area contributed by atoms with Gasteiger partial charge in [-0.1, -0.05) is 51.1 Å². The molecule has 9 heteroatoms. The number of nitrogens with one attached hydrogen (secondary N) is 3. The molecule has 4 amide bonds. The zero-order chi connectivity index (χ0) is 22.5. The number of carbonyl (C=O) groups excluding carboxylic acids is 4. The third-order valence-corrected chi connectivity index (χ3v) is 5.18. The Kier molecular flexibility index (Phi) is 7.33. The van der Waals surface area contributed by atoms with Crippen molar-refractivity contribution in [3.05, 3.63) is 52.4 Å². The first-order valence-electron chi connectivity index (χ1n) is 9.23. The van der Waals surface area contributed by atoms with Crippen LogP contribution in [0.3, 0.4) is 0 Å². The summed E-state index contributed by atoms with van der Waals surface area (Å²) < 4.78 is 5.46. The maximum atomic E-state index is 12.8. The number of hydrogen-bond acceptors (Lipinski definition) is 6. The van der Waals surface area contributed by atoms with Crippen molar-refractivity contribution in [2.75, 3.05) is 12.4 Å². The van der Waals surface area contributed by atoms with Crippen molar-refractivity contribution in [2.24, 2.45) is 5.41 Å². The standard InChI is InChI=1S/C21H25N3O5S/c1-12-11-14(23-19(27)21(2,3)4)30-16(12)18(26)29-15(13-9-7-6-8-10-13)17(25)24-20(28)22-5/h6-11,15H,1-5H3,(H,23,27)(H2,22,24,25,28). The molecule has 0 saturated carbocycles. The van der Waals surface area contributed by atoms with Crippen molar-refractivity contribution < 1.29 is 23.9 Å². The van der Waals surface area contributed by atoms with Crippen molar-refractivity contribution in [3.63, 3.8) is 0 Å². The highest BCUT2D eigenvalue weighted by Crippen LogP contribution is 2.30. The van der Waals surface area contributed by atoms with Crippen LogP contribution in [0.15, 0.2) is 36.4 Å². The van der Waals surface area contributed by atoms with Gasteiger partial charge in [-0.2, -0.15) is 0 Å². The minimum atomic E-state index is -1.31. The molecule has 1 atom stereocenters. The van der Waals surface area contributed by atoms with Gasteiger partial charge in [0.2, 0.25) is 12.0 Å². The number of carbonyl (C=O) groups is 4. The fourth-order valence-electron chi connectivity index (χ4n) is 2.35. The molecule has 2 rings (SSSR count). The highest BCUT2D eigenvalue weighted by Gasteiger charge is 2.29. The lowest BCUT2D eigenvalue weighted by Crippen LogP contribution is -2.41. The first-order chi connectivity index (χ1) is 14.0. The van der Waals surface area contributed by atoms with Crippen LogP contribution in [0.5, 0.6) is 0 Å².